The van der Waals surface area contributed by atoms with Crippen molar-refractivity contribution in [1.29, 1.82) is 0 Å². The second-order valence-corrected chi connectivity index (χ2v) is 8.58. The van der Waals surface area contributed by atoms with E-state index in [1.54, 1.807) is 34.7 Å². The Morgan fingerprint density at radius 1 is 1.11 bits per heavy atom. The third kappa shape index (κ3) is 3.44. The second kappa shape index (κ2) is 6.97. The molecule has 7 nitrogen and oxygen atoms in total. The highest BCUT2D eigenvalue weighted by atomic mass is 32.3. The Morgan fingerprint density at radius 2 is 1.81 bits per heavy atom. The van der Waals surface area contributed by atoms with Crippen LogP contribution in [0.1, 0.15) is 16.8 Å². The molecule has 1 atom stereocenters. The first-order chi connectivity index (χ1) is 13.0. The SMILES string of the molecule is O=Cc1ccc(N2CCN([S+]([O-])(O)=C3C=CC4=NC(=O)CC4=C3)CC2)cc1. The van der Waals surface area contributed by atoms with Crippen LogP contribution in [0.25, 0.3) is 0 Å². The zero-order valence-corrected chi connectivity index (χ0v) is 15.4. The molecule has 140 valence electrons. The number of carbonyl (C=O) groups excluding carboxylic acids is 2. The summed E-state index contributed by atoms with van der Waals surface area (Å²) in [6.45, 7) is 2.09. The Hall–Kier alpha value is -2.39. The number of fused-ring (bicyclic) bond motifs is 1. The fourth-order valence-corrected chi connectivity index (χ4v) is 4.92. The molecular weight excluding hydrogens is 366 g/mol. The van der Waals surface area contributed by atoms with Gasteiger partial charge in [0, 0.05) is 24.3 Å². The number of hydrogen-bond acceptors (Lipinski definition) is 6. The average molecular weight is 385 g/mol. The van der Waals surface area contributed by atoms with E-state index >= 15 is 0 Å². The van der Waals surface area contributed by atoms with Crippen LogP contribution in [0.2, 0.25) is 0 Å². The number of nitrogens with zero attached hydrogens (tertiary/aromatic N) is 3. The monoisotopic (exact) mass is 385 g/mol. The number of benzene rings is 1. The molecule has 0 aromatic heterocycles. The van der Waals surface area contributed by atoms with Gasteiger partial charge < -0.3 is 9.45 Å². The molecule has 1 amide bonds. The third-order valence-electron chi connectivity index (χ3n) is 4.93. The van der Waals surface area contributed by atoms with Gasteiger partial charge in [-0.25, -0.2) is 9.55 Å². The van der Waals surface area contributed by atoms with E-state index in [1.807, 2.05) is 12.1 Å². The van der Waals surface area contributed by atoms with Gasteiger partial charge in [-0.15, -0.1) is 4.31 Å². The summed E-state index contributed by atoms with van der Waals surface area (Å²) in [7, 11) is -3.36. The summed E-state index contributed by atoms with van der Waals surface area (Å²) in [4.78, 5) is 28.5. The Kier molecular flexibility index (Phi) is 4.65. The quantitative estimate of drug-likeness (QED) is 0.479. The van der Waals surface area contributed by atoms with E-state index in [4.69, 9.17) is 0 Å². The van der Waals surface area contributed by atoms with E-state index in [-0.39, 0.29) is 12.3 Å². The maximum absolute atomic E-state index is 13.1. The first-order valence-electron chi connectivity index (χ1n) is 8.67. The molecule has 8 heteroatoms. The van der Waals surface area contributed by atoms with Crippen molar-refractivity contribution in [3.8, 4) is 0 Å². The van der Waals surface area contributed by atoms with E-state index in [0.29, 0.717) is 47.9 Å². The molecule has 2 aliphatic heterocycles. The normalized spacial score (nSPS) is 22.2. The molecule has 4 rings (SSSR count). The summed E-state index contributed by atoms with van der Waals surface area (Å²) in [6, 6.07) is 7.30. The number of carbonyl (C=O) groups is 2. The van der Waals surface area contributed by atoms with Gasteiger partial charge in [0.2, 0.25) is 0 Å². The number of hydrogen-bond donors (Lipinski definition) is 1. The molecule has 0 spiro atoms. The minimum absolute atomic E-state index is 0.184. The highest BCUT2D eigenvalue weighted by Crippen LogP contribution is 2.24. The first-order valence-corrected chi connectivity index (χ1v) is 10.1. The minimum Gasteiger partial charge on any atom is -0.604 e. The number of amides is 1. The van der Waals surface area contributed by atoms with Crippen LogP contribution >= 0.6 is 0 Å². The van der Waals surface area contributed by atoms with Crippen molar-refractivity contribution in [2.24, 2.45) is 4.99 Å². The van der Waals surface area contributed by atoms with Gasteiger partial charge >= 0.3 is 0 Å². The predicted octanol–water partition coefficient (Wildman–Crippen LogP) is 1.33. The molecule has 27 heavy (non-hydrogen) atoms. The molecule has 2 heterocycles. The number of allylic oxidation sites excluding steroid dienone is 3. The number of aldehydes is 1. The maximum atomic E-state index is 13.1. The van der Waals surface area contributed by atoms with Gasteiger partial charge in [0.05, 0.1) is 35.6 Å². The lowest BCUT2D eigenvalue weighted by atomic mass is 10.0. The van der Waals surface area contributed by atoms with Crippen LogP contribution in [-0.4, -0.2) is 62.4 Å². The van der Waals surface area contributed by atoms with Crippen molar-refractivity contribution in [2.45, 2.75) is 6.42 Å². The molecule has 1 aromatic rings. The van der Waals surface area contributed by atoms with E-state index < -0.39 is 10.4 Å². The molecule has 3 aliphatic rings. The Balaban J connectivity index is 1.50. The molecular formula is C19H19N3O4S. The van der Waals surface area contributed by atoms with E-state index in [0.717, 1.165) is 12.0 Å². The summed E-state index contributed by atoms with van der Waals surface area (Å²) >= 11 is 0. The molecule has 1 N–H and O–H groups in total. The summed E-state index contributed by atoms with van der Waals surface area (Å²) in [5.41, 5.74) is 2.90. The summed E-state index contributed by atoms with van der Waals surface area (Å²) in [5.74, 6) is -0.221. The molecule has 1 aromatic carbocycles. The number of piperazine rings is 1. The zero-order valence-electron chi connectivity index (χ0n) is 14.6. The van der Waals surface area contributed by atoms with Crippen molar-refractivity contribution in [3.63, 3.8) is 0 Å². The molecule has 0 saturated carbocycles. The predicted molar refractivity (Wildman–Crippen MR) is 106 cm³/mol. The van der Waals surface area contributed by atoms with Gasteiger partial charge in [0.1, 0.15) is 6.29 Å². The van der Waals surface area contributed by atoms with Crippen LogP contribution in [0.15, 0.2) is 53.1 Å². The summed E-state index contributed by atoms with van der Waals surface area (Å²) in [5, 5.41) is 0. The van der Waals surface area contributed by atoms with Gasteiger partial charge in [-0.05, 0) is 48.1 Å². The smallest absolute Gasteiger partial charge is 0.250 e. The Bertz CT molecular complexity index is 932. The molecule has 1 fully saturated rings. The highest BCUT2D eigenvalue weighted by Gasteiger charge is 2.31. The van der Waals surface area contributed by atoms with E-state index in [9.17, 15) is 18.7 Å². The number of aliphatic imine (C=N–C) groups is 1. The van der Waals surface area contributed by atoms with Gasteiger partial charge in [-0.2, -0.15) is 0 Å². The topological polar surface area (TPSA) is 96.3 Å². The van der Waals surface area contributed by atoms with Gasteiger partial charge in [0.25, 0.3) is 5.91 Å². The molecule has 1 aliphatic carbocycles. The van der Waals surface area contributed by atoms with Crippen LogP contribution in [0.3, 0.4) is 0 Å². The van der Waals surface area contributed by atoms with Crippen LogP contribution in [0.5, 0.6) is 0 Å². The lowest BCUT2D eigenvalue weighted by Crippen LogP contribution is -2.52. The van der Waals surface area contributed by atoms with Crippen LogP contribution in [-0.2, 0) is 15.2 Å². The van der Waals surface area contributed by atoms with Crippen molar-refractivity contribution in [1.82, 2.24) is 4.31 Å². The fourth-order valence-electron chi connectivity index (χ4n) is 3.42. The Morgan fingerprint density at radius 3 is 2.48 bits per heavy atom. The maximum Gasteiger partial charge on any atom is 0.250 e. The molecule has 0 bridgehead atoms. The highest BCUT2D eigenvalue weighted by molar-refractivity contribution is 8.01. The summed E-state index contributed by atoms with van der Waals surface area (Å²) in [6.07, 6.45) is 5.82. The Labute approximate surface area is 158 Å². The van der Waals surface area contributed by atoms with E-state index in [2.05, 4.69) is 9.89 Å². The second-order valence-electron chi connectivity index (χ2n) is 6.59. The third-order valence-corrected chi connectivity index (χ3v) is 6.86. The van der Waals surface area contributed by atoms with Crippen molar-refractivity contribution < 1.29 is 18.7 Å². The molecule has 1 saturated heterocycles. The largest absolute Gasteiger partial charge is 0.604 e. The number of anilines is 1. The summed E-state index contributed by atoms with van der Waals surface area (Å²) < 4.78 is 25.4. The standard InChI is InChI=1S/C19H19N3O4S/c23-13-14-1-3-16(4-2-14)21-7-9-22(10-8-21)27(25,26)17-5-6-18-15(11-17)12-19(24)20-18/h1-6,11,13H,7-10,12H2,(H-,20,24,25,26). The first kappa shape index (κ1) is 18.0. The average Bonchev–Trinajstić information content (AvgIpc) is 3.07. The van der Waals surface area contributed by atoms with Gasteiger partial charge in [-0.3, -0.25) is 9.59 Å². The number of rotatable bonds is 3. The lowest BCUT2D eigenvalue weighted by molar-refractivity contribution is -0.116. The van der Waals surface area contributed by atoms with Crippen molar-refractivity contribution in [3.05, 3.63) is 53.6 Å². The molecule has 0 radical (unpaired) electrons. The van der Waals surface area contributed by atoms with Crippen LogP contribution in [0.4, 0.5) is 5.69 Å². The fraction of sp³-hybridized carbons (Fsp3) is 0.263. The minimum atomic E-state index is -3.36. The zero-order chi connectivity index (χ0) is 19.0. The van der Waals surface area contributed by atoms with Gasteiger partial charge in [0.15, 0.2) is 4.86 Å². The van der Waals surface area contributed by atoms with Crippen molar-refractivity contribution >= 4 is 38.8 Å². The van der Waals surface area contributed by atoms with Crippen LogP contribution < -0.4 is 4.90 Å². The van der Waals surface area contributed by atoms with E-state index in [1.165, 1.54) is 0 Å². The van der Waals surface area contributed by atoms with Gasteiger partial charge in [-0.1, -0.05) is 0 Å². The molecule has 1 unspecified atom stereocenters. The van der Waals surface area contributed by atoms with Crippen molar-refractivity contribution in [2.75, 3.05) is 31.1 Å². The lowest BCUT2D eigenvalue weighted by Gasteiger charge is -2.39. The van der Waals surface area contributed by atoms with Crippen LogP contribution in [0, 0.1) is 0 Å².